The average Bonchev–Trinajstić information content (AvgIpc) is 2.71. The Labute approximate surface area is 157 Å². The van der Waals surface area contributed by atoms with Crippen LogP contribution in [-0.4, -0.2) is 42.5 Å². The van der Waals surface area contributed by atoms with Crippen molar-refractivity contribution >= 4 is 28.0 Å². The summed E-state index contributed by atoms with van der Waals surface area (Å²) >= 11 is 3.51. The third kappa shape index (κ3) is 6.04. The van der Waals surface area contributed by atoms with E-state index >= 15 is 0 Å². The van der Waals surface area contributed by atoms with Crippen molar-refractivity contribution in [3.8, 4) is 0 Å². The molecule has 0 aliphatic rings. The lowest BCUT2D eigenvalue weighted by Gasteiger charge is -2.20. The number of carbonyl (C=O) groups excluding carboxylic acids is 2. The van der Waals surface area contributed by atoms with Crippen molar-refractivity contribution in [2.24, 2.45) is 0 Å². The molecule has 1 aromatic rings. The van der Waals surface area contributed by atoms with Crippen LogP contribution in [0.1, 0.15) is 49.4 Å². The van der Waals surface area contributed by atoms with Crippen LogP contribution in [-0.2, 0) is 27.4 Å². The summed E-state index contributed by atoms with van der Waals surface area (Å²) < 4.78 is 18.2. The molecule has 0 fully saturated rings. The van der Waals surface area contributed by atoms with Crippen molar-refractivity contribution in [1.82, 2.24) is 9.88 Å². The highest BCUT2D eigenvalue weighted by Gasteiger charge is 2.24. The summed E-state index contributed by atoms with van der Waals surface area (Å²) in [7, 11) is 1.59. The molecule has 1 rings (SSSR count). The van der Waals surface area contributed by atoms with Gasteiger partial charge in [-0.2, -0.15) is 0 Å². The van der Waals surface area contributed by atoms with Gasteiger partial charge in [-0.25, -0.2) is 9.59 Å². The molecule has 0 spiro atoms. The Bertz CT molecular complexity index is 620. The fourth-order valence-electron chi connectivity index (χ4n) is 2.35. The second-order valence-electron chi connectivity index (χ2n) is 6.47. The lowest BCUT2D eigenvalue weighted by atomic mass is 10.2. The Morgan fingerprint density at radius 2 is 1.92 bits per heavy atom. The van der Waals surface area contributed by atoms with Crippen LogP contribution in [0.3, 0.4) is 0 Å². The van der Waals surface area contributed by atoms with Crippen LogP contribution in [0.4, 0.5) is 4.79 Å². The first-order chi connectivity index (χ1) is 11.6. The number of hydrogen-bond donors (Lipinski definition) is 1. The zero-order valence-corrected chi connectivity index (χ0v) is 17.3. The number of aromatic nitrogens is 1. The first kappa shape index (κ1) is 21.5. The largest absolute Gasteiger partial charge is 0.461 e. The normalized spacial score (nSPS) is 11.3. The van der Waals surface area contributed by atoms with E-state index in [0.717, 1.165) is 15.7 Å². The molecule has 0 unspecified atom stereocenters. The zero-order chi connectivity index (χ0) is 19.2. The Balaban J connectivity index is 2.97. The molecule has 1 N–H and O–H groups in total. The first-order valence-corrected chi connectivity index (χ1v) is 8.92. The number of halogens is 1. The minimum Gasteiger partial charge on any atom is -0.461 e. The predicted octanol–water partition coefficient (Wildman–Crippen LogP) is 3.41. The molecule has 142 valence electrons. The summed E-state index contributed by atoms with van der Waals surface area (Å²) in [5.74, 6) is -0.402. The molecule has 0 aliphatic heterocycles. The monoisotopic (exact) mass is 418 g/mol. The number of alkyl carbamates (subject to hydrolysis) is 1. The smallest absolute Gasteiger partial charge is 0.407 e. The van der Waals surface area contributed by atoms with Gasteiger partial charge >= 0.3 is 12.1 Å². The van der Waals surface area contributed by atoms with E-state index in [1.807, 2.05) is 6.92 Å². The molecule has 0 radical (unpaired) electrons. The molecule has 1 amide bonds. The van der Waals surface area contributed by atoms with Gasteiger partial charge in [-0.05, 0) is 56.1 Å². The highest BCUT2D eigenvalue weighted by Crippen LogP contribution is 2.29. The maximum atomic E-state index is 12.3. The number of nitrogens with one attached hydrogen (secondary N) is 1. The number of ether oxygens (including phenoxy) is 3. The fourth-order valence-corrected chi connectivity index (χ4v) is 2.86. The fraction of sp³-hybridized carbons (Fsp3) is 0.647. The number of amides is 1. The standard InChI is InChI=1S/C17H27BrN2O5/c1-7-24-15(21)14-11(2)13(18)12(10-23-6)20(14)9-8-19-16(22)25-17(3,4)5/h7-10H2,1-6H3,(H,19,22). The van der Waals surface area contributed by atoms with Gasteiger partial charge in [0.15, 0.2) is 0 Å². The van der Waals surface area contributed by atoms with E-state index in [4.69, 9.17) is 14.2 Å². The van der Waals surface area contributed by atoms with E-state index in [9.17, 15) is 9.59 Å². The highest BCUT2D eigenvalue weighted by atomic mass is 79.9. The molecule has 7 nitrogen and oxygen atoms in total. The molecule has 0 aromatic carbocycles. The van der Waals surface area contributed by atoms with Gasteiger partial charge < -0.3 is 24.1 Å². The van der Waals surface area contributed by atoms with Crippen LogP contribution in [0.25, 0.3) is 0 Å². The van der Waals surface area contributed by atoms with Gasteiger partial charge in [0.05, 0.1) is 18.9 Å². The topological polar surface area (TPSA) is 78.8 Å². The van der Waals surface area contributed by atoms with Gasteiger partial charge in [0, 0.05) is 24.7 Å². The van der Waals surface area contributed by atoms with Gasteiger partial charge in [-0.15, -0.1) is 0 Å². The maximum absolute atomic E-state index is 12.3. The molecular formula is C17H27BrN2O5. The van der Waals surface area contributed by atoms with Crippen LogP contribution in [0.15, 0.2) is 4.47 Å². The molecule has 0 saturated heterocycles. The minimum absolute atomic E-state index is 0.289. The van der Waals surface area contributed by atoms with Crippen molar-refractivity contribution < 1.29 is 23.8 Å². The summed E-state index contributed by atoms with van der Waals surface area (Å²) in [6.07, 6.45) is -0.499. The summed E-state index contributed by atoms with van der Waals surface area (Å²) in [4.78, 5) is 24.1. The van der Waals surface area contributed by atoms with E-state index in [2.05, 4.69) is 21.2 Å². The van der Waals surface area contributed by atoms with E-state index in [0.29, 0.717) is 25.4 Å². The number of hydrogen-bond acceptors (Lipinski definition) is 5. The number of carbonyl (C=O) groups is 2. The van der Waals surface area contributed by atoms with Crippen LogP contribution in [0.2, 0.25) is 0 Å². The molecule has 25 heavy (non-hydrogen) atoms. The molecule has 0 aliphatic carbocycles. The molecule has 0 saturated carbocycles. The highest BCUT2D eigenvalue weighted by molar-refractivity contribution is 9.10. The quantitative estimate of drug-likeness (QED) is 0.686. The van der Waals surface area contributed by atoms with Crippen molar-refractivity contribution in [3.05, 3.63) is 21.4 Å². The molecule has 1 aromatic heterocycles. The third-order valence-electron chi connectivity index (χ3n) is 3.29. The van der Waals surface area contributed by atoms with E-state index in [1.54, 1.807) is 39.4 Å². The molecule has 1 heterocycles. The van der Waals surface area contributed by atoms with Crippen molar-refractivity contribution in [2.45, 2.75) is 53.4 Å². The Hall–Kier alpha value is -1.54. The lowest BCUT2D eigenvalue weighted by molar-refractivity contribution is 0.0511. The number of methoxy groups -OCH3 is 1. The van der Waals surface area contributed by atoms with Crippen molar-refractivity contribution in [2.75, 3.05) is 20.3 Å². The molecule has 8 heteroatoms. The summed E-state index contributed by atoms with van der Waals surface area (Å²) in [5.41, 5.74) is 1.48. The Morgan fingerprint density at radius 3 is 2.44 bits per heavy atom. The van der Waals surface area contributed by atoms with Gasteiger partial charge in [0.2, 0.25) is 0 Å². The molecular weight excluding hydrogens is 392 g/mol. The minimum atomic E-state index is -0.561. The Morgan fingerprint density at radius 1 is 1.28 bits per heavy atom. The lowest BCUT2D eigenvalue weighted by Crippen LogP contribution is -2.34. The second-order valence-corrected chi connectivity index (χ2v) is 7.26. The van der Waals surface area contributed by atoms with Gasteiger partial charge in [0.1, 0.15) is 11.3 Å². The van der Waals surface area contributed by atoms with Crippen molar-refractivity contribution in [1.29, 1.82) is 0 Å². The van der Waals surface area contributed by atoms with Gasteiger partial charge in [0.25, 0.3) is 0 Å². The predicted molar refractivity (Wildman–Crippen MR) is 97.8 cm³/mol. The first-order valence-electron chi connectivity index (χ1n) is 8.12. The number of nitrogens with zero attached hydrogens (tertiary/aromatic N) is 1. The molecule has 0 atom stereocenters. The van der Waals surface area contributed by atoms with E-state index in [-0.39, 0.29) is 6.61 Å². The number of esters is 1. The zero-order valence-electron chi connectivity index (χ0n) is 15.7. The van der Waals surface area contributed by atoms with Crippen molar-refractivity contribution in [3.63, 3.8) is 0 Å². The number of rotatable bonds is 7. The maximum Gasteiger partial charge on any atom is 0.407 e. The van der Waals surface area contributed by atoms with E-state index in [1.165, 1.54) is 0 Å². The Kier molecular flexibility index (Phi) is 7.95. The van der Waals surface area contributed by atoms with Crippen LogP contribution < -0.4 is 5.32 Å². The van der Waals surface area contributed by atoms with Gasteiger partial charge in [-0.1, -0.05) is 0 Å². The van der Waals surface area contributed by atoms with Crippen LogP contribution in [0, 0.1) is 6.92 Å². The average molecular weight is 419 g/mol. The van der Waals surface area contributed by atoms with E-state index < -0.39 is 17.7 Å². The summed E-state index contributed by atoms with van der Waals surface area (Å²) in [5, 5.41) is 2.69. The molecule has 0 bridgehead atoms. The van der Waals surface area contributed by atoms with Gasteiger partial charge in [-0.3, -0.25) is 0 Å². The third-order valence-corrected chi connectivity index (χ3v) is 4.34. The van der Waals surface area contributed by atoms with Crippen LogP contribution >= 0.6 is 15.9 Å². The summed E-state index contributed by atoms with van der Waals surface area (Å²) in [6.45, 7) is 10.3. The SMILES string of the molecule is CCOC(=O)c1c(C)c(Br)c(COC)n1CCNC(=O)OC(C)(C)C. The summed E-state index contributed by atoms with van der Waals surface area (Å²) in [6, 6.07) is 0. The van der Waals surface area contributed by atoms with Crippen LogP contribution in [0.5, 0.6) is 0 Å². The second kappa shape index (κ2) is 9.24.